The number of fused-ring (bicyclic) bond motifs is 3. The van der Waals surface area contributed by atoms with Crippen molar-refractivity contribution in [2.24, 2.45) is 0 Å². The molecule has 0 saturated heterocycles. The number of aliphatic carboxylic acids is 1. The topological polar surface area (TPSA) is 105 Å². The summed E-state index contributed by atoms with van der Waals surface area (Å²) in [5.41, 5.74) is 4.65. The third-order valence-electron chi connectivity index (χ3n) is 5.98. The fourth-order valence-corrected chi connectivity index (χ4v) is 4.31. The van der Waals surface area contributed by atoms with Crippen LogP contribution in [0.2, 0.25) is 0 Å². The van der Waals surface area contributed by atoms with Gasteiger partial charge in [0, 0.05) is 12.5 Å². The molecule has 4 rings (SSSR count). The molecule has 0 aliphatic heterocycles. The van der Waals surface area contributed by atoms with Crippen LogP contribution in [-0.2, 0) is 20.7 Å². The number of amides is 2. The average Bonchev–Trinajstić information content (AvgIpc) is 3.17. The van der Waals surface area contributed by atoms with Gasteiger partial charge in [-0.1, -0.05) is 66.7 Å². The Morgan fingerprint density at radius 1 is 0.914 bits per heavy atom. The fourth-order valence-electron chi connectivity index (χ4n) is 4.31. The van der Waals surface area contributed by atoms with Crippen molar-refractivity contribution in [2.45, 2.75) is 24.8 Å². The first-order valence-electron chi connectivity index (χ1n) is 11.3. The predicted molar refractivity (Wildman–Crippen MR) is 127 cm³/mol. The van der Waals surface area contributed by atoms with Crippen molar-refractivity contribution >= 4 is 18.0 Å². The van der Waals surface area contributed by atoms with Gasteiger partial charge in [0.1, 0.15) is 18.5 Å². The summed E-state index contributed by atoms with van der Waals surface area (Å²) >= 11 is 0. The second-order valence-electron chi connectivity index (χ2n) is 8.25. The van der Waals surface area contributed by atoms with Gasteiger partial charge in [0.15, 0.2) is 0 Å². The molecule has 8 heteroatoms. The summed E-state index contributed by atoms with van der Waals surface area (Å²) in [7, 11) is 0. The lowest BCUT2D eigenvalue weighted by Crippen LogP contribution is -2.48. The van der Waals surface area contributed by atoms with E-state index >= 15 is 0 Å². The molecule has 0 heterocycles. The minimum absolute atomic E-state index is 0.0363. The van der Waals surface area contributed by atoms with Gasteiger partial charge in [-0.05, 0) is 40.3 Å². The number of hydrogen-bond acceptors (Lipinski definition) is 4. The molecule has 180 valence electrons. The van der Waals surface area contributed by atoms with Crippen LogP contribution >= 0.6 is 0 Å². The molecule has 0 fully saturated rings. The molecule has 1 atom stereocenters. The number of nitrogens with one attached hydrogen (secondary N) is 2. The molecule has 0 saturated carbocycles. The van der Waals surface area contributed by atoms with Crippen molar-refractivity contribution in [1.29, 1.82) is 0 Å². The SMILES string of the molecule is O=C(O)CC(NC(=O)OCC1c2ccccc2-c2ccccc21)C(=O)NCCc1ccccc1F. The lowest BCUT2D eigenvalue weighted by atomic mass is 9.98. The summed E-state index contributed by atoms with van der Waals surface area (Å²) in [4.78, 5) is 36.3. The normalized spacial score (nSPS) is 12.8. The van der Waals surface area contributed by atoms with E-state index < -0.39 is 30.4 Å². The first kappa shape index (κ1) is 23.9. The van der Waals surface area contributed by atoms with E-state index in [2.05, 4.69) is 10.6 Å². The first-order chi connectivity index (χ1) is 16.9. The van der Waals surface area contributed by atoms with E-state index in [1.165, 1.54) is 6.07 Å². The number of rotatable bonds is 9. The third kappa shape index (κ3) is 5.66. The molecule has 35 heavy (non-hydrogen) atoms. The Bertz CT molecular complexity index is 1200. The zero-order valence-corrected chi connectivity index (χ0v) is 18.9. The molecule has 0 radical (unpaired) electrons. The number of alkyl carbamates (subject to hydrolysis) is 1. The van der Waals surface area contributed by atoms with E-state index in [1.807, 2.05) is 48.5 Å². The molecule has 1 aliphatic rings. The number of benzene rings is 3. The van der Waals surface area contributed by atoms with Crippen molar-refractivity contribution < 1.29 is 28.6 Å². The Hall–Kier alpha value is -4.20. The number of ether oxygens (including phenoxy) is 1. The summed E-state index contributed by atoms with van der Waals surface area (Å²) in [6.07, 6.45) is -1.28. The quantitative estimate of drug-likeness (QED) is 0.435. The summed E-state index contributed by atoms with van der Waals surface area (Å²) in [6.45, 7) is 0.122. The zero-order valence-electron chi connectivity index (χ0n) is 18.9. The molecular formula is C27H25FN2O5. The molecule has 7 nitrogen and oxygen atoms in total. The highest BCUT2D eigenvalue weighted by molar-refractivity contribution is 5.89. The zero-order chi connectivity index (χ0) is 24.8. The average molecular weight is 477 g/mol. The Balaban J connectivity index is 1.35. The predicted octanol–water partition coefficient (Wildman–Crippen LogP) is 3.87. The van der Waals surface area contributed by atoms with Crippen LogP contribution in [0.1, 0.15) is 29.0 Å². The standard InChI is InChI=1S/C27H25FN2O5/c28-23-12-6-1-7-17(23)13-14-29-26(33)24(15-25(31)32)30-27(34)35-16-22-20-10-4-2-8-18(20)19-9-3-5-11-21(19)22/h1-12,22,24H,13-16H2,(H,29,33)(H,30,34)(H,31,32). The number of carbonyl (C=O) groups excluding carboxylic acids is 2. The van der Waals surface area contributed by atoms with Gasteiger partial charge in [0.05, 0.1) is 6.42 Å². The van der Waals surface area contributed by atoms with Crippen LogP contribution in [0.5, 0.6) is 0 Å². The van der Waals surface area contributed by atoms with E-state index in [0.717, 1.165) is 22.3 Å². The maximum Gasteiger partial charge on any atom is 0.407 e. The summed E-state index contributed by atoms with van der Waals surface area (Å²) in [5, 5.41) is 14.1. The third-order valence-corrected chi connectivity index (χ3v) is 5.98. The van der Waals surface area contributed by atoms with Crippen molar-refractivity contribution in [2.75, 3.05) is 13.2 Å². The van der Waals surface area contributed by atoms with Crippen LogP contribution < -0.4 is 10.6 Å². The number of halogens is 1. The van der Waals surface area contributed by atoms with E-state index in [0.29, 0.717) is 5.56 Å². The second kappa shape index (κ2) is 10.8. The molecule has 2 amide bonds. The maximum atomic E-state index is 13.8. The minimum atomic E-state index is -1.33. The lowest BCUT2D eigenvalue weighted by molar-refractivity contribution is -0.139. The molecule has 0 aromatic heterocycles. The van der Waals surface area contributed by atoms with Gasteiger partial charge < -0.3 is 20.5 Å². The second-order valence-corrected chi connectivity index (χ2v) is 8.25. The highest BCUT2D eigenvalue weighted by atomic mass is 19.1. The minimum Gasteiger partial charge on any atom is -0.481 e. The molecule has 1 aliphatic carbocycles. The maximum absolute atomic E-state index is 13.8. The van der Waals surface area contributed by atoms with E-state index in [9.17, 15) is 23.9 Å². The van der Waals surface area contributed by atoms with Crippen molar-refractivity contribution in [1.82, 2.24) is 10.6 Å². The van der Waals surface area contributed by atoms with Crippen LogP contribution in [0.4, 0.5) is 9.18 Å². The van der Waals surface area contributed by atoms with Gasteiger partial charge in [-0.2, -0.15) is 0 Å². The van der Waals surface area contributed by atoms with Crippen molar-refractivity contribution in [3.63, 3.8) is 0 Å². The van der Waals surface area contributed by atoms with E-state index in [4.69, 9.17) is 4.74 Å². The number of carboxylic acid groups (broad SMARTS) is 1. The van der Waals surface area contributed by atoms with Crippen LogP contribution in [0, 0.1) is 5.82 Å². The van der Waals surface area contributed by atoms with Crippen LogP contribution in [0.15, 0.2) is 72.8 Å². The van der Waals surface area contributed by atoms with Crippen molar-refractivity contribution in [3.8, 4) is 11.1 Å². The van der Waals surface area contributed by atoms with Gasteiger partial charge in [0.25, 0.3) is 0 Å². The Morgan fingerprint density at radius 3 is 2.14 bits per heavy atom. The molecule has 3 aromatic carbocycles. The Labute approximate surface area is 201 Å². The highest BCUT2D eigenvalue weighted by Crippen LogP contribution is 2.44. The van der Waals surface area contributed by atoms with Crippen LogP contribution in [-0.4, -0.2) is 42.3 Å². The number of carboxylic acids is 1. The molecule has 1 unspecified atom stereocenters. The smallest absolute Gasteiger partial charge is 0.407 e. The van der Waals surface area contributed by atoms with Gasteiger partial charge in [-0.15, -0.1) is 0 Å². The lowest BCUT2D eigenvalue weighted by Gasteiger charge is -2.19. The van der Waals surface area contributed by atoms with E-state index in [1.54, 1.807) is 18.2 Å². The van der Waals surface area contributed by atoms with Gasteiger partial charge >= 0.3 is 12.1 Å². The van der Waals surface area contributed by atoms with Gasteiger partial charge in [-0.25, -0.2) is 9.18 Å². The number of hydrogen-bond donors (Lipinski definition) is 3. The highest BCUT2D eigenvalue weighted by Gasteiger charge is 2.30. The summed E-state index contributed by atoms with van der Waals surface area (Å²) < 4.78 is 19.2. The summed E-state index contributed by atoms with van der Waals surface area (Å²) in [5.74, 6) is -2.49. The molecule has 3 N–H and O–H groups in total. The first-order valence-corrected chi connectivity index (χ1v) is 11.3. The fraction of sp³-hybridized carbons (Fsp3) is 0.222. The van der Waals surface area contributed by atoms with Gasteiger partial charge in [0.2, 0.25) is 5.91 Å². The molecule has 0 spiro atoms. The molecule has 3 aromatic rings. The van der Waals surface area contributed by atoms with Crippen molar-refractivity contribution in [3.05, 3.63) is 95.3 Å². The Kier molecular flexibility index (Phi) is 7.40. The monoisotopic (exact) mass is 476 g/mol. The van der Waals surface area contributed by atoms with Crippen LogP contribution in [0.3, 0.4) is 0 Å². The largest absolute Gasteiger partial charge is 0.481 e. The van der Waals surface area contributed by atoms with E-state index in [-0.39, 0.29) is 31.3 Å². The Morgan fingerprint density at radius 2 is 1.51 bits per heavy atom. The van der Waals surface area contributed by atoms with Crippen LogP contribution in [0.25, 0.3) is 11.1 Å². The number of carbonyl (C=O) groups is 3. The summed E-state index contributed by atoms with van der Waals surface area (Å²) in [6, 6.07) is 20.6. The van der Waals surface area contributed by atoms with Gasteiger partial charge in [-0.3, -0.25) is 9.59 Å². The molecular weight excluding hydrogens is 451 g/mol. The molecule has 0 bridgehead atoms.